The Morgan fingerprint density at radius 3 is 2.71 bits per heavy atom. The molecule has 2 aromatic carbocycles. The molecule has 0 spiro atoms. The van der Waals surface area contributed by atoms with Crippen molar-refractivity contribution in [1.82, 2.24) is 5.16 Å². The number of nitrogens with zero attached hydrogens (tertiary/aromatic N) is 2. The van der Waals surface area contributed by atoms with E-state index < -0.39 is 11.5 Å². The largest absolute Gasteiger partial charge is 0.391 e. The fraction of sp³-hybridized carbons (Fsp3) is 0.0625. The summed E-state index contributed by atoms with van der Waals surface area (Å²) in [5.41, 5.74) is 1.24. The number of halogens is 2. The van der Waals surface area contributed by atoms with E-state index in [1.807, 2.05) is 0 Å². The van der Waals surface area contributed by atoms with Gasteiger partial charge in [0.2, 0.25) is 0 Å². The van der Waals surface area contributed by atoms with Crippen LogP contribution in [0.1, 0.15) is 5.56 Å². The van der Waals surface area contributed by atoms with E-state index in [0.29, 0.717) is 16.1 Å². The predicted molar refractivity (Wildman–Crippen MR) is 92.7 cm³/mol. The topological polar surface area (TPSA) is 89.4 Å². The monoisotopic (exact) mass is 408 g/mol. The molecule has 6 nitrogen and oxygen atoms in total. The molecule has 1 N–H and O–H groups in total. The van der Waals surface area contributed by atoms with Gasteiger partial charge in [-0.2, -0.15) is 0 Å². The molecule has 3 aromatic rings. The van der Waals surface area contributed by atoms with Gasteiger partial charge in [-0.1, -0.05) is 44.8 Å². The van der Waals surface area contributed by atoms with Gasteiger partial charge in [0.25, 0.3) is 5.69 Å². The average Bonchev–Trinajstić information content (AvgIpc) is 3.00. The number of benzene rings is 2. The first-order valence-electron chi connectivity index (χ1n) is 6.81. The molecule has 0 aliphatic carbocycles. The maximum Gasteiger partial charge on any atom is 0.278 e. The molecular formula is C16H10BrClN2O4. The molecule has 0 aliphatic rings. The van der Waals surface area contributed by atoms with Gasteiger partial charge < -0.3 is 9.63 Å². The molecule has 0 saturated heterocycles. The van der Waals surface area contributed by atoms with Crippen molar-refractivity contribution in [2.75, 3.05) is 0 Å². The minimum Gasteiger partial charge on any atom is -0.391 e. The Kier molecular flexibility index (Phi) is 4.66. The number of hydrogen-bond donors (Lipinski definition) is 1. The molecule has 1 heterocycles. The molecule has 24 heavy (non-hydrogen) atoms. The maximum absolute atomic E-state index is 11.2. The first-order valence-corrected chi connectivity index (χ1v) is 7.98. The van der Waals surface area contributed by atoms with Gasteiger partial charge in [-0.05, 0) is 24.3 Å². The lowest BCUT2D eigenvalue weighted by molar-refractivity contribution is -0.384. The van der Waals surface area contributed by atoms with Crippen LogP contribution in [0.2, 0.25) is 5.02 Å². The molecule has 0 radical (unpaired) electrons. The summed E-state index contributed by atoms with van der Waals surface area (Å²) in [4.78, 5) is 10.7. The van der Waals surface area contributed by atoms with E-state index in [1.54, 1.807) is 36.4 Å². The number of aromatic nitrogens is 1. The lowest BCUT2D eigenvalue weighted by Gasteiger charge is -2.04. The van der Waals surface area contributed by atoms with Crippen LogP contribution in [0.15, 0.2) is 51.5 Å². The Morgan fingerprint density at radius 1 is 1.25 bits per heavy atom. The molecule has 122 valence electrons. The van der Waals surface area contributed by atoms with Crippen molar-refractivity contribution in [3.05, 3.63) is 67.6 Å². The van der Waals surface area contributed by atoms with Gasteiger partial charge in [-0.25, -0.2) is 0 Å². The van der Waals surface area contributed by atoms with E-state index in [-0.39, 0.29) is 22.7 Å². The lowest BCUT2D eigenvalue weighted by atomic mass is 10.0. The van der Waals surface area contributed by atoms with E-state index in [4.69, 9.17) is 16.1 Å². The first kappa shape index (κ1) is 16.6. The molecule has 0 unspecified atom stereocenters. The zero-order valence-electron chi connectivity index (χ0n) is 12.1. The molecule has 0 fully saturated rings. The third-order valence-electron chi connectivity index (χ3n) is 3.48. The summed E-state index contributed by atoms with van der Waals surface area (Å²) in [6, 6.07) is 11.3. The molecule has 3 rings (SSSR count). The molecule has 0 amide bonds. The van der Waals surface area contributed by atoms with E-state index in [2.05, 4.69) is 21.1 Å². The molecule has 0 bridgehead atoms. The van der Waals surface area contributed by atoms with Crippen LogP contribution in [0.3, 0.4) is 0 Å². The van der Waals surface area contributed by atoms with Crippen molar-refractivity contribution >= 4 is 33.2 Å². The van der Waals surface area contributed by atoms with Crippen LogP contribution in [0.25, 0.3) is 22.6 Å². The quantitative estimate of drug-likeness (QED) is 0.492. The van der Waals surface area contributed by atoms with Crippen molar-refractivity contribution in [3.63, 3.8) is 0 Å². The predicted octanol–water partition coefficient (Wildman–Crippen LogP) is 4.83. The Morgan fingerprint density at radius 2 is 2.00 bits per heavy atom. The van der Waals surface area contributed by atoms with E-state index >= 15 is 0 Å². The van der Waals surface area contributed by atoms with Gasteiger partial charge in [0, 0.05) is 16.1 Å². The highest BCUT2D eigenvalue weighted by Gasteiger charge is 2.25. The number of hydrogen-bond acceptors (Lipinski definition) is 5. The average molecular weight is 410 g/mol. The SMILES string of the molecule is O=[N+]([O-])c1ccccc1-c1noc(-c2cc(Br)ccc2Cl)c1CO. The minimum absolute atomic E-state index is 0.118. The Bertz CT molecular complexity index is 926. The van der Waals surface area contributed by atoms with E-state index in [9.17, 15) is 15.2 Å². The standard InChI is InChI=1S/C16H10BrClN2O4/c17-9-5-6-13(18)11(7-9)16-12(8-21)15(19-24-16)10-3-1-2-4-14(10)20(22)23/h1-7,21H,8H2. The molecular weight excluding hydrogens is 400 g/mol. The van der Waals surface area contributed by atoms with Crippen molar-refractivity contribution in [2.45, 2.75) is 6.61 Å². The number of para-hydroxylation sites is 1. The summed E-state index contributed by atoms with van der Waals surface area (Å²) in [7, 11) is 0. The number of nitro benzene ring substituents is 1. The molecule has 1 aromatic heterocycles. The van der Waals surface area contributed by atoms with Crippen molar-refractivity contribution in [1.29, 1.82) is 0 Å². The fourth-order valence-electron chi connectivity index (χ4n) is 2.38. The van der Waals surface area contributed by atoms with Crippen LogP contribution in [-0.4, -0.2) is 15.2 Å². The second-order valence-corrected chi connectivity index (χ2v) is 6.22. The summed E-state index contributed by atoms with van der Waals surface area (Å²) >= 11 is 9.55. The highest BCUT2D eigenvalue weighted by atomic mass is 79.9. The van der Waals surface area contributed by atoms with Crippen LogP contribution in [0.4, 0.5) is 5.69 Å². The van der Waals surface area contributed by atoms with Crippen LogP contribution in [0.5, 0.6) is 0 Å². The van der Waals surface area contributed by atoms with Gasteiger partial charge in [-0.3, -0.25) is 10.1 Å². The van der Waals surface area contributed by atoms with E-state index in [0.717, 1.165) is 4.47 Å². The Hall–Kier alpha value is -2.22. The summed E-state index contributed by atoms with van der Waals surface area (Å²) in [5, 5.41) is 25.4. The lowest BCUT2D eigenvalue weighted by Crippen LogP contribution is -1.95. The van der Waals surface area contributed by atoms with Crippen LogP contribution in [-0.2, 0) is 6.61 Å². The maximum atomic E-state index is 11.2. The van der Waals surface area contributed by atoms with Crippen molar-refractivity contribution in [2.24, 2.45) is 0 Å². The smallest absolute Gasteiger partial charge is 0.278 e. The first-order chi connectivity index (χ1) is 11.5. The molecule has 0 saturated carbocycles. The van der Waals surface area contributed by atoms with Gasteiger partial charge in [0.1, 0.15) is 5.69 Å². The summed E-state index contributed by atoms with van der Waals surface area (Å²) in [6.45, 7) is -0.400. The van der Waals surface area contributed by atoms with Crippen LogP contribution >= 0.6 is 27.5 Å². The van der Waals surface area contributed by atoms with Gasteiger partial charge in [0.15, 0.2) is 5.76 Å². The Labute approximate surface area is 149 Å². The number of aliphatic hydroxyl groups excluding tert-OH is 1. The summed E-state index contributed by atoms with van der Waals surface area (Å²) in [5.74, 6) is 0.275. The normalized spacial score (nSPS) is 10.8. The number of rotatable bonds is 4. The highest BCUT2D eigenvalue weighted by molar-refractivity contribution is 9.10. The summed E-state index contributed by atoms with van der Waals surface area (Å²) in [6.07, 6.45) is 0. The zero-order chi connectivity index (χ0) is 17.3. The third kappa shape index (κ3) is 2.93. The number of nitro groups is 1. The van der Waals surface area contributed by atoms with E-state index in [1.165, 1.54) is 6.07 Å². The Balaban J connectivity index is 2.22. The second-order valence-electron chi connectivity index (χ2n) is 4.90. The summed E-state index contributed by atoms with van der Waals surface area (Å²) < 4.78 is 6.13. The minimum atomic E-state index is -0.503. The fourth-order valence-corrected chi connectivity index (χ4v) is 2.95. The van der Waals surface area contributed by atoms with Gasteiger partial charge in [0.05, 0.1) is 27.7 Å². The van der Waals surface area contributed by atoms with Gasteiger partial charge in [-0.15, -0.1) is 0 Å². The molecule has 8 heteroatoms. The van der Waals surface area contributed by atoms with Crippen LogP contribution < -0.4 is 0 Å². The highest BCUT2D eigenvalue weighted by Crippen LogP contribution is 2.39. The zero-order valence-corrected chi connectivity index (χ0v) is 14.4. The molecule has 0 atom stereocenters. The van der Waals surface area contributed by atoms with Gasteiger partial charge >= 0.3 is 0 Å². The van der Waals surface area contributed by atoms with Crippen molar-refractivity contribution in [3.8, 4) is 22.6 Å². The number of aliphatic hydroxyl groups is 1. The van der Waals surface area contributed by atoms with Crippen LogP contribution in [0, 0.1) is 10.1 Å². The molecule has 0 aliphatic heterocycles. The second kappa shape index (κ2) is 6.72. The van der Waals surface area contributed by atoms with Crippen molar-refractivity contribution < 1.29 is 14.6 Å². The third-order valence-corrected chi connectivity index (χ3v) is 4.30.